The first kappa shape index (κ1) is 22.7. The second kappa shape index (κ2) is 10.9. The smallest absolute Gasteiger partial charge is 0.260 e. The quantitative estimate of drug-likeness (QED) is 0.266. The first-order valence-corrected chi connectivity index (χ1v) is 12.0. The number of carbonyl (C=O) groups is 1. The fraction of sp³-hybridized carbons (Fsp3) is 0.269. The van der Waals surface area contributed by atoms with Gasteiger partial charge in [-0.1, -0.05) is 36.8 Å². The van der Waals surface area contributed by atoms with E-state index >= 15 is 0 Å². The van der Waals surface area contributed by atoms with E-state index < -0.39 is 0 Å². The summed E-state index contributed by atoms with van der Waals surface area (Å²) in [7, 11) is 0. The van der Waals surface area contributed by atoms with Crippen molar-refractivity contribution in [3.8, 4) is 11.5 Å². The fourth-order valence-corrected chi connectivity index (χ4v) is 4.36. The Morgan fingerprint density at radius 1 is 1.03 bits per heavy atom. The monoisotopic (exact) mass is 461 g/mol. The number of nitrogens with zero attached hydrogens (tertiary/aromatic N) is 3. The van der Waals surface area contributed by atoms with Crippen LogP contribution in [0.3, 0.4) is 0 Å². The Balaban J connectivity index is 1.66. The van der Waals surface area contributed by atoms with Crippen molar-refractivity contribution in [1.29, 1.82) is 0 Å². The number of pyridine rings is 1. The molecule has 7 heteroatoms. The molecule has 33 heavy (non-hydrogen) atoms. The van der Waals surface area contributed by atoms with Crippen molar-refractivity contribution in [3.05, 3.63) is 78.1 Å². The van der Waals surface area contributed by atoms with Crippen LogP contribution in [-0.2, 0) is 6.54 Å². The number of hydrogen-bond acceptors (Lipinski definition) is 6. The number of rotatable bonds is 10. The van der Waals surface area contributed by atoms with Crippen molar-refractivity contribution in [2.24, 2.45) is 0 Å². The molecule has 0 fully saturated rings. The molecule has 0 bridgehead atoms. The molecule has 0 saturated heterocycles. The van der Waals surface area contributed by atoms with Gasteiger partial charge in [0.1, 0.15) is 17.0 Å². The van der Waals surface area contributed by atoms with Crippen LogP contribution in [0.2, 0.25) is 0 Å². The van der Waals surface area contributed by atoms with Gasteiger partial charge in [-0.15, -0.1) is 0 Å². The molecule has 2 heterocycles. The minimum absolute atomic E-state index is 0.129. The Bertz CT molecular complexity index is 1190. The van der Waals surface area contributed by atoms with E-state index in [2.05, 4.69) is 11.9 Å². The number of benzene rings is 2. The SMILES string of the molecule is CCCCOc1ccc(C(=O)N(Cc2cccnc2)c2nc3c(OCC)cccc3s2)cc1. The number of aromatic nitrogens is 2. The van der Waals surface area contributed by atoms with E-state index in [1.54, 1.807) is 29.4 Å². The van der Waals surface area contributed by atoms with Crippen molar-refractivity contribution in [2.45, 2.75) is 33.2 Å². The summed E-state index contributed by atoms with van der Waals surface area (Å²) in [5.41, 5.74) is 2.27. The fourth-order valence-electron chi connectivity index (χ4n) is 3.38. The molecular formula is C26H27N3O3S. The minimum Gasteiger partial charge on any atom is -0.494 e. The molecule has 0 aliphatic rings. The number of ether oxygens (including phenoxy) is 2. The molecule has 0 aliphatic carbocycles. The van der Waals surface area contributed by atoms with Gasteiger partial charge in [0.25, 0.3) is 5.91 Å². The third-order valence-electron chi connectivity index (χ3n) is 5.08. The van der Waals surface area contributed by atoms with Crippen LogP contribution in [-0.4, -0.2) is 29.1 Å². The van der Waals surface area contributed by atoms with Crippen LogP contribution < -0.4 is 14.4 Å². The topological polar surface area (TPSA) is 64.5 Å². The predicted octanol–water partition coefficient (Wildman–Crippen LogP) is 6.12. The highest BCUT2D eigenvalue weighted by Crippen LogP contribution is 2.35. The molecule has 4 aromatic rings. The molecule has 0 aliphatic heterocycles. The molecule has 170 valence electrons. The third kappa shape index (κ3) is 5.49. The Kier molecular flexibility index (Phi) is 7.52. The number of fused-ring (bicyclic) bond motifs is 1. The summed E-state index contributed by atoms with van der Waals surface area (Å²) in [6.07, 6.45) is 5.57. The molecule has 0 spiro atoms. The van der Waals surface area contributed by atoms with Crippen LogP contribution >= 0.6 is 11.3 Å². The van der Waals surface area contributed by atoms with Crippen LogP contribution in [0.1, 0.15) is 42.6 Å². The second-order valence-electron chi connectivity index (χ2n) is 7.51. The van der Waals surface area contributed by atoms with E-state index in [0.717, 1.165) is 40.1 Å². The van der Waals surface area contributed by atoms with Crippen LogP contribution in [0.4, 0.5) is 5.13 Å². The Morgan fingerprint density at radius 3 is 2.61 bits per heavy atom. The number of amides is 1. The van der Waals surface area contributed by atoms with E-state index in [1.807, 2.05) is 49.4 Å². The number of anilines is 1. The number of carbonyl (C=O) groups excluding carboxylic acids is 1. The lowest BCUT2D eigenvalue weighted by atomic mass is 10.1. The van der Waals surface area contributed by atoms with E-state index in [-0.39, 0.29) is 5.91 Å². The van der Waals surface area contributed by atoms with Crippen molar-refractivity contribution >= 4 is 32.6 Å². The molecular weight excluding hydrogens is 434 g/mol. The second-order valence-corrected chi connectivity index (χ2v) is 8.52. The molecule has 0 unspecified atom stereocenters. The van der Waals surface area contributed by atoms with Gasteiger partial charge in [-0.25, -0.2) is 4.98 Å². The Hall–Kier alpha value is -3.45. The first-order valence-electron chi connectivity index (χ1n) is 11.2. The molecule has 6 nitrogen and oxygen atoms in total. The number of thiazole rings is 1. The average Bonchev–Trinajstić information content (AvgIpc) is 3.29. The summed E-state index contributed by atoms with van der Waals surface area (Å²) >= 11 is 1.47. The zero-order valence-electron chi connectivity index (χ0n) is 18.9. The number of para-hydroxylation sites is 1. The summed E-state index contributed by atoms with van der Waals surface area (Å²) < 4.78 is 12.5. The lowest BCUT2D eigenvalue weighted by Gasteiger charge is -2.20. The number of unbranched alkanes of at least 4 members (excludes halogenated alkanes) is 1. The molecule has 0 N–H and O–H groups in total. The summed E-state index contributed by atoms with van der Waals surface area (Å²) in [6, 6.07) is 17.0. The third-order valence-corrected chi connectivity index (χ3v) is 6.12. The van der Waals surface area contributed by atoms with Gasteiger partial charge in [0, 0.05) is 18.0 Å². The summed E-state index contributed by atoms with van der Waals surface area (Å²) in [6.45, 7) is 5.66. The standard InChI is InChI=1S/C26H27N3O3S/c1-3-5-16-32-21-13-11-20(12-14-21)25(30)29(18-19-8-7-15-27-17-19)26-28-24-22(31-4-2)9-6-10-23(24)33-26/h6-15,17H,3-5,16,18H2,1-2H3. The normalized spacial score (nSPS) is 10.8. The summed E-state index contributed by atoms with van der Waals surface area (Å²) in [5.74, 6) is 1.36. The molecule has 4 rings (SSSR count). The maximum Gasteiger partial charge on any atom is 0.260 e. The summed E-state index contributed by atoms with van der Waals surface area (Å²) in [5, 5.41) is 0.620. The van der Waals surface area contributed by atoms with Gasteiger partial charge in [0.15, 0.2) is 5.13 Å². The molecule has 0 saturated carbocycles. The van der Waals surface area contributed by atoms with Gasteiger partial charge in [-0.2, -0.15) is 0 Å². The lowest BCUT2D eigenvalue weighted by Crippen LogP contribution is -2.30. The van der Waals surface area contributed by atoms with Gasteiger partial charge < -0.3 is 9.47 Å². The van der Waals surface area contributed by atoms with Crippen molar-refractivity contribution in [2.75, 3.05) is 18.1 Å². The van der Waals surface area contributed by atoms with Crippen LogP contribution in [0.25, 0.3) is 10.2 Å². The van der Waals surface area contributed by atoms with Crippen molar-refractivity contribution in [1.82, 2.24) is 9.97 Å². The Morgan fingerprint density at radius 2 is 1.88 bits per heavy atom. The highest BCUT2D eigenvalue weighted by molar-refractivity contribution is 7.22. The van der Waals surface area contributed by atoms with E-state index in [4.69, 9.17) is 14.5 Å². The molecule has 1 amide bonds. The first-order chi connectivity index (χ1) is 16.2. The van der Waals surface area contributed by atoms with Gasteiger partial charge in [0.05, 0.1) is 24.5 Å². The van der Waals surface area contributed by atoms with Gasteiger partial charge >= 0.3 is 0 Å². The van der Waals surface area contributed by atoms with E-state index in [1.165, 1.54) is 11.3 Å². The number of hydrogen-bond donors (Lipinski definition) is 0. The summed E-state index contributed by atoms with van der Waals surface area (Å²) in [4.78, 5) is 24.3. The van der Waals surface area contributed by atoms with Gasteiger partial charge in [-0.3, -0.25) is 14.7 Å². The minimum atomic E-state index is -0.129. The Labute approximate surface area is 197 Å². The maximum atomic E-state index is 13.6. The molecule has 2 aromatic heterocycles. The zero-order chi connectivity index (χ0) is 23.0. The zero-order valence-corrected chi connectivity index (χ0v) is 19.7. The highest BCUT2D eigenvalue weighted by Gasteiger charge is 2.23. The maximum absolute atomic E-state index is 13.6. The van der Waals surface area contributed by atoms with E-state index in [0.29, 0.717) is 30.5 Å². The molecule has 0 atom stereocenters. The van der Waals surface area contributed by atoms with Crippen LogP contribution in [0.5, 0.6) is 11.5 Å². The van der Waals surface area contributed by atoms with Crippen LogP contribution in [0, 0.1) is 0 Å². The van der Waals surface area contributed by atoms with Crippen molar-refractivity contribution in [3.63, 3.8) is 0 Å². The van der Waals surface area contributed by atoms with E-state index in [9.17, 15) is 4.79 Å². The lowest BCUT2D eigenvalue weighted by molar-refractivity contribution is 0.0985. The van der Waals surface area contributed by atoms with Crippen molar-refractivity contribution < 1.29 is 14.3 Å². The largest absolute Gasteiger partial charge is 0.494 e. The molecule has 2 aromatic carbocycles. The predicted molar refractivity (Wildman–Crippen MR) is 132 cm³/mol. The van der Waals surface area contributed by atoms with Crippen LogP contribution in [0.15, 0.2) is 67.0 Å². The average molecular weight is 462 g/mol. The highest BCUT2D eigenvalue weighted by atomic mass is 32.1. The van der Waals surface area contributed by atoms with Gasteiger partial charge in [-0.05, 0) is 61.4 Å². The van der Waals surface area contributed by atoms with Gasteiger partial charge in [0.2, 0.25) is 0 Å². The molecule has 0 radical (unpaired) electrons.